The van der Waals surface area contributed by atoms with Crippen LogP contribution < -0.4 is 51.4 Å². The lowest BCUT2D eigenvalue weighted by Crippen LogP contribution is -2.61. The molecule has 0 spiro atoms. The number of Topliss-reactive ketones (excluding diaryl/α,β-unsaturated/α-hetero) is 1. The summed E-state index contributed by atoms with van der Waals surface area (Å²) >= 11 is 0. The van der Waals surface area contributed by atoms with Gasteiger partial charge in [0, 0.05) is 45.2 Å². The third-order valence-corrected chi connectivity index (χ3v) is 23.7. The Hall–Kier alpha value is -11.5. The molecule has 31 nitrogen and oxygen atoms in total. The van der Waals surface area contributed by atoms with Gasteiger partial charge < -0.3 is 61.6 Å². The molecule has 1 aliphatic carbocycles. The fourth-order valence-electron chi connectivity index (χ4n) is 15.0. The topological polar surface area (TPSA) is 408 Å². The Labute approximate surface area is 679 Å². The largest absolute Gasteiger partial charge is 0.487 e. The van der Waals surface area contributed by atoms with Gasteiger partial charge in [0.25, 0.3) is 5.91 Å². The number of ether oxygens (including phenoxy) is 2. The van der Waals surface area contributed by atoms with E-state index in [2.05, 4.69) is 62.6 Å². The van der Waals surface area contributed by atoms with E-state index in [-0.39, 0.29) is 76.5 Å². The summed E-state index contributed by atoms with van der Waals surface area (Å²) in [6, 6.07) is 27.3. The highest BCUT2D eigenvalue weighted by molar-refractivity contribution is 7.90. The van der Waals surface area contributed by atoms with E-state index in [1.165, 1.54) is 19.2 Å². The Balaban J connectivity index is 0.891. The van der Waals surface area contributed by atoms with Crippen molar-refractivity contribution in [1.82, 2.24) is 81.7 Å². The second-order valence-corrected chi connectivity index (χ2v) is 35.2. The minimum absolute atomic E-state index is 0.0408. The number of likely N-dealkylation sites (tertiary alicyclic amines) is 2. The minimum atomic E-state index is -4.22. The number of sulfonamides is 1. The molecule has 3 fully saturated rings. The van der Waals surface area contributed by atoms with Gasteiger partial charge in [-0.15, -0.1) is 10.2 Å². The summed E-state index contributed by atoms with van der Waals surface area (Å²) in [5.74, 6) is -8.41. The van der Waals surface area contributed by atoms with Crippen molar-refractivity contribution < 1.29 is 70.9 Å². The normalized spacial score (nSPS) is 21.9. The number of carbonyl (C=O) groups is 10. The number of carbonyl (C=O) groups excluding carboxylic acids is 9. The van der Waals surface area contributed by atoms with E-state index >= 15 is 28.8 Å². The molecule has 2 aromatic heterocycles. The van der Waals surface area contributed by atoms with Gasteiger partial charge in [-0.05, 0) is 138 Å². The molecule has 32 heteroatoms. The number of nitrogens with zero attached hydrogens (tertiary/aromatic N) is 8. The Morgan fingerprint density at radius 1 is 0.556 bits per heavy atom. The molecule has 12 atom stereocenters. The van der Waals surface area contributed by atoms with Crippen LogP contribution in [0.2, 0.25) is 0 Å². The van der Waals surface area contributed by atoms with Gasteiger partial charge in [-0.1, -0.05) is 161 Å². The minimum Gasteiger partial charge on any atom is -0.487 e. The zero-order valence-electron chi connectivity index (χ0n) is 67.4. The summed E-state index contributed by atoms with van der Waals surface area (Å²) in [7, 11) is -1.00. The lowest BCUT2D eigenvalue weighted by atomic mass is 9.85. The SMILES string of the molecule is CN[C@@H](C)C(=O)N[C@H](C(=O)N1C[C@@H]2C[C@H]1C(=O)N[C@@H](Cc1ccc3ccccc3c1)C(=O)C[C@H](C(=O)O)Cc1ccc(cc1)OCc1cn(nn1)[C@H]1C[C@@H](C(=O)N[C@@H](Cc3ccc4ccccc4c3)C(=O)N[C@H](C(=O)NS(=O)(=O)CC3CC3)Cc3ccc(cc3)OCc3cn2nn3)N(C(=O)[C@@H](NC(=O)[C@H](C)NC)C(C)(C)C)C1)C(C)(C)C. The number of fused-ring (bicyclic) bond motifs is 2. The van der Waals surface area contributed by atoms with Crippen LogP contribution in [0.25, 0.3) is 21.5 Å². The molecule has 0 unspecified atom stereocenters. The van der Waals surface area contributed by atoms with Crippen LogP contribution in [0, 0.1) is 22.7 Å². The number of benzene rings is 6. The van der Waals surface area contributed by atoms with Gasteiger partial charge in [0.2, 0.25) is 51.4 Å². The van der Waals surface area contributed by atoms with Crippen molar-refractivity contribution in [3.8, 4) is 11.5 Å². The van der Waals surface area contributed by atoms with Crippen LogP contribution in [0.3, 0.4) is 0 Å². The molecule has 6 aliphatic heterocycles. The summed E-state index contributed by atoms with van der Waals surface area (Å²) in [6.45, 7) is 13.5. The molecule has 620 valence electrons. The van der Waals surface area contributed by atoms with Crippen molar-refractivity contribution in [2.75, 3.05) is 32.9 Å². The van der Waals surface area contributed by atoms with Crippen LogP contribution in [-0.2, 0) is 96.9 Å². The average Bonchev–Trinajstić information content (AvgIpc) is 1.65. The van der Waals surface area contributed by atoms with E-state index in [0.29, 0.717) is 58.0 Å². The summed E-state index contributed by atoms with van der Waals surface area (Å²) in [6.07, 6.45) is 3.36. The van der Waals surface area contributed by atoms with Crippen LogP contribution in [0.1, 0.15) is 133 Å². The zero-order chi connectivity index (χ0) is 83.8. The summed E-state index contributed by atoms with van der Waals surface area (Å²) in [5, 5.41) is 52.5. The van der Waals surface area contributed by atoms with Gasteiger partial charge >= 0.3 is 5.97 Å². The standard InChI is InChI=1S/C85H104N16O15S/c1-49(86-9)75(103)91-73(84(3,4)5)81(109)98-44-63-40-70(98)79(107)88-67(37-54-21-27-56-15-11-13-17-58(56)34-54)72(102)39-60(83(111)112)33-51-23-29-65(30-24-51)115-46-61-43-101(97-93-61)64-41-71(99(45-64)82(110)74(85(6,7)8)92-76(104)50(2)87-10)80(108)90-68(38-55-22-28-57-16-12-14-18-59(57)35-55)77(105)89-69(78(106)95-117(113,114)48-53-19-20-53)36-52-25-31-66(32-26-52)116-47-62-42-100(63)96-94-62/h11-18,21-32,34-35,42-43,49-50,53,60,63-64,67-71,73-74,86-87H,19-20,33,36-41,44-48H2,1-10H3,(H,88,107)(H,89,105)(H,90,108)(H,91,103)(H,92,104)(H,95,106)(H,111,112)/t49-,50-,60+,63-,64-,67-,68-,69-,70-,71-,73+,74+/m0/s1. The summed E-state index contributed by atoms with van der Waals surface area (Å²) in [4.78, 5) is 150. The molecule has 6 aromatic carbocycles. The zero-order valence-corrected chi connectivity index (χ0v) is 68.2. The molecule has 2 saturated heterocycles. The maximum Gasteiger partial charge on any atom is 0.307 e. The Kier molecular flexibility index (Phi) is 26.4. The maximum atomic E-state index is 15.5. The number of hydrogen-bond donors (Lipinski definition) is 9. The van der Waals surface area contributed by atoms with Crippen molar-refractivity contribution >= 4 is 90.6 Å². The number of carboxylic acids is 1. The molecule has 8 amide bonds. The fourth-order valence-corrected chi connectivity index (χ4v) is 16.5. The first-order valence-electron chi connectivity index (χ1n) is 39.6. The highest BCUT2D eigenvalue weighted by atomic mass is 32.2. The van der Waals surface area contributed by atoms with Gasteiger partial charge in [-0.3, -0.25) is 52.7 Å². The van der Waals surface area contributed by atoms with Gasteiger partial charge in [0.1, 0.15) is 72.4 Å². The van der Waals surface area contributed by atoms with Gasteiger partial charge in [-0.25, -0.2) is 17.8 Å². The lowest BCUT2D eigenvalue weighted by molar-refractivity contribution is -0.145. The van der Waals surface area contributed by atoms with E-state index in [4.69, 9.17) is 9.47 Å². The molecule has 8 aromatic rings. The number of rotatable bonds is 17. The van der Waals surface area contributed by atoms with E-state index < -0.39 is 159 Å². The molecule has 0 radical (unpaired) electrons. The molecular formula is C85H104N16O15S. The van der Waals surface area contributed by atoms with Crippen molar-refractivity contribution in [2.45, 2.75) is 193 Å². The lowest BCUT2D eigenvalue weighted by Gasteiger charge is -2.36. The van der Waals surface area contributed by atoms with Crippen LogP contribution in [0.4, 0.5) is 0 Å². The van der Waals surface area contributed by atoms with Gasteiger partial charge in [0.05, 0.1) is 54.3 Å². The van der Waals surface area contributed by atoms with Crippen molar-refractivity contribution in [3.63, 3.8) is 0 Å². The smallest absolute Gasteiger partial charge is 0.307 e. The number of carboxylic acid groups (broad SMARTS) is 1. The van der Waals surface area contributed by atoms with Gasteiger partial charge in [-0.2, -0.15) is 0 Å². The van der Waals surface area contributed by atoms with E-state index in [0.717, 1.165) is 21.5 Å². The number of hydrogen-bond acceptors (Lipinski definition) is 20. The molecular weight excluding hydrogens is 1520 g/mol. The Morgan fingerprint density at radius 2 is 0.991 bits per heavy atom. The Bertz CT molecular complexity index is 5120. The van der Waals surface area contributed by atoms with Crippen LogP contribution >= 0.6 is 0 Å². The van der Waals surface area contributed by atoms with E-state index in [9.17, 15) is 32.7 Å². The molecule has 117 heavy (non-hydrogen) atoms. The number of ketones is 1. The first-order valence-corrected chi connectivity index (χ1v) is 41.3. The number of amides is 8. The van der Waals surface area contributed by atoms with Crippen LogP contribution in [-0.4, -0.2) is 200 Å². The predicted molar refractivity (Wildman–Crippen MR) is 434 cm³/mol. The van der Waals surface area contributed by atoms with Crippen molar-refractivity contribution in [1.29, 1.82) is 0 Å². The quantitative estimate of drug-likeness (QED) is 0.0569. The molecule has 9 N–H and O–H groups in total. The molecule has 7 aliphatic rings. The van der Waals surface area contributed by atoms with Crippen LogP contribution in [0.15, 0.2) is 146 Å². The van der Waals surface area contributed by atoms with Crippen LogP contribution in [0.5, 0.6) is 11.5 Å². The third kappa shape index (κ3) is 21.6. The average molecular weight is 1620 g/mol. The van der Waals surface area contributed by atoms with E-state index in [1.54, 1.807) is 136 Å². The Morgan fingerprint density at radius 3 is 1.43 bits per heavy atom. The predicted octanol–water partition coefficient (Wildman–Crippen LogP) is 5.15. The number of aliphatic carboxylic acids is 1. The van der Waals surface area contributed by atoms with Crippen molar-refractivity contribution in [2.24, 2.45) is 22.7 Å². The maximum absolute atomic E-state index is 15.5. The number of aromatic nitrogens is 6. The second kappa shape index (κ2) is 36.3. The summed E-state index contributed by atoms with van der Waals surface area (Å²) < 4.78 is 45.0. The van der Waals surface area contributed by atoms with E-state index in [1.807, 2.05) is 78.9 Å². The molecule has 8 heterocycles. The molecule has 15 rings (SSSR count). The fraction of sp³-hybridized carbons (Fsp3) is 0.459. The second-order valence-electron chi connectivity index (χ2n) is 33.4. The summed E-state index contributed by atoms with van der Waals surface area (Å²) in [5.41, 5.74) is 1.11. The monoisotopic (exact) mass is 1620 g/mol. The highest BCUT2D eigenvalue weighted by Gasteiger charge is 2.49. The molecule has 12 bridgehead atoms. The third-order valence-electron chi connectivity index (χ3n) is 22.3. The highest BCUT2D eigenvalue weighted by Crippen LogP contribution is 2.36. The first-order chi connectivity index (χ1) is 55.6. The molecule has 1 saturated carbocycles. The van der Waals surface area contributed by atoms with Crippen molar-refractivity contribution in [3.05, 3.63) is 179 Å². The first kappa shape index (κ1) is 84.9. The number of nitrogens with one attached hydrogen (secondary N) is 8. The van der Waals surface area contributed by atoms with Gasteiger partial charge in [0.15, 0.2) is 5.78 Å². The number of likely N-dealkylation sites (N-methyl/N-ethyl adjacent to an activating group) is 2.